The van der Waals surface area contributed by atoms with Crippen LogP contribution in [0.1, 0.15) is 19.3 Å². The Balaban J connectivity index is 2.37. The van der Waals surface area contributed by atoms with Crippen LogP contribution in [-0.2, 0) is 4.79 Å². The molecule has 0 heterocycles. The van der Waals surface area contributed by atoms with E-state index in [0.29, 0.717) is 30.0 Å². The summed E-state index contributed by atoms with van der Waals surface area (Å²) in [7, 11) is 0. The van der Waals surface area contributed by atoms with Crippen molar-refractivity contribution in [3.8, 4) is 0 Å². The van der Waals surface area contributed by atoms with Gasteiger partial charge < -0.3 is 10.4 Å². The number of hydrogen-bond donors (Lipinski definition) is 2. The van der Waals surface area contributed by atoms with E-state index in [2.05, 4.69) is 5.32 Å². The quantitative estimate of drug-likeness (QED) is 0.760. The molecule has 0 bridgehead atoms. The van der Waals surface area contributed by atoms with Crippen LogP contribution in [0.2, 0.25) is 5.02 Å². The van der Waals surface area contributed by atoms with E-state index in [-0.39, 0.29) is 12.5 Å². The highest BCUT2D eigenvalue weighted by Gasteiger charge is 2.01. The number of aliphatic hydroxyl groups is 1. The molecular formula is C11H14ClNO2. The second-order valence-electron chi connectivity index (χ2n) is 3.24. The van der Waals surface area contributed by atoms with Crippen molar-refractivity contribution in [2.24, 2.45) is 0 Å². The summed E-state index contributed by atoms with van der Waals surface area (Å²) in [5.74, 6) is -0.0503. The van der Waals surface area contributed by atoms with Crippen LogP contribution < -0.4 is 5.32 Å². The van der Waals surface area contributed by atoms with Gasteiger partial charge in [-0.15, -0.1) is 0 Å². The average molecular weight is 228 g/mol. The van der Waals surface area contributed by atoms with Gasteiger partial charge in [-0.2, -0.15) is 0 Å². The summed E-state index contributed by atoms with van der Waals surface area (Å²) in [6.07, 6.45) is 1.78. The Labute approximate surface area is 94.1 Å². The van der Waals surface area contributed by atoms with E-state index in [0.717, 1.165) is 0 Å². The van der Waals surface area contributed by atoms with Crippen LogP contribution in [0, 0.1) is 0 Å². The number of unbranched alkanes of at least 4 members (excludes halogenated alkanes) is 1. The smallest absolute Gasteiger partial charge is 0.224 e. The van der Waals surface area contributed by atoms with E-state index >= 15 is 0 Å². The molecule has 82 valence electrons. The maximum absolute atomic E-state index is 11.4. The fourth-order valence-corrected chi connectivity index (χ4v) is 1.38. The molecule has 1 aromatic carbocycles. The van der Waals surface area contributed by atoms with Gasteiger partial charge in [-0.1, -0.05) is 17.7 Å². The standard InChI is InChI=1S/C11H14ClNO2/c12-9-4-3-5-10(8-9)13-11(15)6-1-2-7-14/h3-5,8,14H,1-2,6-7H2,(H,13,15). The molecule has 0 saturated heterocycles. The van der Waals surface area contributed by atoms with Crippen LogP contribution in [0.4, 0.5) is 5.69 Å². The van der Waals surface area contributed by atoms with Crippen LogP contribution in [0.15, 0.2) is 24.3 Å². The topological polar surface area (TPSA) is 49.3 Å². The van der Waals surface area contributed by atoms with Crippen molar-refractivity contribution in [3.05, 3.63) is 29.3 Å². The average Bonchev–Trinajstić information content (AvgIpc) is 2.18. The predicted octanol–water partition coefficient (Wildman–Crippen LogP) is 2.44. The highest BCUT2D eigenvalue weighted by molar-refractivity contribution is 6.30. The Morgan fingerprint density at radius 3 is 2.87 bits per heavy atom. The van der Waals surface area contributed by atoms with Crippen molar-refractivity contribution in [1.82, 2.24) is 0 Å². The first kappa shape index (κ1) is 12.0. The van der Waals surface area contributed by atoms with E-state index in [1.165, 1.54) is 0 Å². The number of amides is 1. The summed E-state index contributed by atoms with van der Waals surface area (Å²) < 4.78 is 0. The Morgan fingerprint density at radius 1 is 1.40 bits per heavy atom. The van der Waals surface area contributed by atoms with Crippen molar-refractivity contribution >= 4 is 23.2 Å². The highest BCUT2D eigenvalue weighted by Crippen LogP contribution is 2.15. The third kappa shape index (κ3) is 4.81. The molecule has 0 saturated carbocycles. The summed E-state index contributed by atoms with van der Waals surface area (Å²) in [6.45, 7) is 0.129. The minimum atomic E-state index is -0.0503. The first-order valence-electron chi connectivity index (χ1n) is 4.88. The fraction of sp³-hybridized carbons (Fsp3) is 0.364. The fourth-order valence-electron chi connectivity index (χ4n) is 1.19. The van der Waals surface area contributed by atoms with Crippen molar-refractivity contribution < 1.29 is 9.90 Å². The first-order valence-corrected chi connectivity index (χ1v) is 5.26. The lowest BCUT2D eigenvalue weighted by molar-refractivity contribution is -0.116. The number of rotatable bonds is 5. The molecule has 0 unspecified atom stereocenters. The number of benzene rings is 1. The van der Waals surface area contributed by atoms with Gasteiger partial charge in [-0.25, -0.2) is 0 Å². The lowest BCUT2D eigenvalue weighted by atomic mass is 10.2. The van der Waals surface area contributed by atoms with Gasteiger partial charge in [0.2, 0.25) is 5.91 Å². The van der Waals surface area contributed by atoms with Gasteiger partial charge >= 0.3 is 0 Å². The second-order valence-corrected chi connectivity index (χ2v) is 3.68. The normalized spacial score (nSPS) is 10.0. The third-order valence-corrected chi connectivity index (χ3v) is 2.16. The van der Waals surface area contributed by atoms with Gasteiger partial charge in [0.1, 0.15) is 0 Å². The van der Waals surface area contributed by atoms with Crippen molar-refractivity contribution in [1.29, 1.82) is 0 Å². The van der Waals surface area contributed by atoms with Crippen LogP contribution in [-0.4, -0.2) is 17.6 Å². The SMILES string of the molecule is O=C(CCCCO)Nc1cccc(Cl)c1. The molecule has 0 spiro atoms. The van der Waals surface area contributed by atoms with Gasteiger partial charge in [0.15, 0.2) is 0 Å². The van der Waals surface area contributed by atoms with Crippen LogP contribution >= 0.6 is 11.6 Å². The lowest BCUT2D eigenvalue weighted by Crippen LogP contribution is -2.11. The number of carbonyl (C=O) groups excluding carboxylic acids is 1. The Morgan fingerprint density at radius 2 is 2.20 bits per heavy atom. The van der Waals surface area contributed by atoms with E-state index in [1.54, 1.807) is 24.3 Å². The molecule has 0 aliphatic carbocycles. The molecule has 1 amide bonds. The number of halogens is 1. The summed E-state index contributed by atoms with van der Waals surface area (Å²) in [6, 6.07) is 7.02. The zero-order valence-corrected chi connectivity index (χ0v) is 9.13. The van der Waals surface area contributed by atoms with Crippen molar-refractivity contribution in [2.45, 2.75) is 19.3 Å². The van der Waals surface area contributed by atoms with Gasteiger partial charge in [0, 0.05) is 23.7 Å². The molecule has 0 atom stereocenters. The van der Waals surface area contributed by atoms with Gasteiger partial charge in [-0.05, 0) is 31.0 Å². The largest absolute Gasteiger partial charge is 0.396 e. The Bertz CT molecular complexity index is 328. The number of aliphatic hydroxyl groups excluding tert-OH is 1. The Hall–Kier alpha value is -1.06. The molecule has 0 radical (unpaired) electrons. The molecule has 15 heavy (non-hydrogen) atoms. The summed E-state index contributed by atoms with van der Waals surface area (Å²) in [4.78, 5) is 11.4. The van der Waals surface area contributed by atoms with E-state index in [1.807, 2.05) is 0 Å². The van der Waals surface area contributed by atoms with E-state index in [9.17, 15) is 4.79 Å². The molecule has 1 rings (SSSR count). The number of hydrogen-bond acceptors (Lipinski definition) is 2. The van der Waals surface area contributed by atoms with Gasteiger partial charge in [-0.3, -0.25) is 4.79 Å². The summed E-state index contributed by atoms with van der Waals surface area (Å²) in [5, 5.41) is 11.9. The molecule has 0 aliphatic rings. The zero-order valence-electron chi connectivity index (χ0n) is 8.37. The van der Waals surface area contributed by atoms with Crippen LogP contribution in [0.3, 0.4) is 0 Å². The maximum Gasteiger partial charge on any atom is 0.224 e. The first-order chi connectivity index (χ1) is 7.22. The maximum atomic E-state index is 11.4. The number of carbonyl (C=O) groups is 1. The number of anilines is 1. The lowest BCUT2D eigenvalue weighted by Gasteiger charge is -2.04. The third-order valence-electron chi connectivity index (χ3n) is 1.92. The van der Waals surface area contributed by atoms with Gasteiger partial charge in [0.25, 0.3) is 0 Å². The molecule has 0 fully saturated rings. The summed E-state index contributed by atoms with van der Waals surface area (Å²) >= 11 is 5.77. The molecule has 1 aromatic rings. The van der Waals surface area contributed by atoms with Crippen LogP contribution in [0.25, 0.3) is 0 Å². The molecular weight excluding hydrogens is 214 g/mol. The molecule has 2 N–H and O–H groups in total. The highest BCUT2D eigenvalue weighted by atomic mass is 35.5. The minimum Gasteiger partial charge on any atom is -0.396 e. The van der Waals surface area contributed by atoms with E-state index < -0.39 is 0 Å². The monoisotopic (exact) mass is 227 g/mol. The zero-order chi connectivity index (χ0) is 11.1. The Kier molecular flexibility index (Phi) is 5.15. The minimum absolute atomic E-state index is 0.0503. The number of nitrogens with one attached hydrogen (secondary N) is 1. The van der Waals surface area contributed by atoms with Crippen LogP contribution in [0.5, 0.6) is 0 Å². The van der Waals surface area contributed by atoms with Gasteiger partial charge in [0.05, 0.1) is 0 Å². The molecule has 4 heteroatoms. The predicted molar refractivity (Wildman–Crippen MR) is 61.0 cm³/mol. The van der Waals surface area contributed by atoms with Crippen molar-refractivity contribution in [3.63, 3.8) is 0 Å². The molecule has 0 aromatic heterocycles. The molecule has 0 aliphatic heterocycles. The van der Waals surface area contributed by atoms with E-state index in [4.69, 9.17) is 16.7 Å². The van der Waals surface area contributed by atoms with Crippen molar-refractivity contribution in [2.75, 3.05) is 11.9 Å². The second kappa shape index (κ2) is 6.43. The summed E-state index contributed by atoms with van der Waals surface area (Å²) in [5.41, 5.74) is 0.705. The molecule has 3 nitrogen and oxygen atoms in total.